The van der Waals surface area contributed by atoms with Crippen LogP contribution in [0.25, 0.3) is 17.0 Å². The van der Waals surface area contributed by atoms with Crippen LogP contribution in [0, 0.1) is 23.5 Å². The number of aliphatic hydroxyl groups is 1. The van der Waals surface area contributed by atoms with Gasteiger partial charge in [-0.25, -0.2) is 32.2 Å². The van der Waals surface area contributed by atoms with Gasteiger partial charge in [-0.15, -0.1) is 0 Å². The summed E-state index contributed by atoms with van der Waals surface area (Å²) in [5, 5.41) is 13.8. The predicted octanol–water partition coefficient (Wildman–Crippen LogP) is 2.01. The lowest BCUT2D eigenvalue weighted by atomic mass is 10.2. The Balaban J connectivity index is 1.75. The summed E-state index contributed by atoms with van der Waals surface area (Å²) in [4.78, 5) is 11.6. The van der Waals surface area contributed by atoms with Gasteiger partial charge in [0.2, 0.25) is 5.88 Å². The minimum absolute atomic E-state index is 0.0880. The van der Waals surface area contributed by atoms with E-state index in [-0.39, 0.29) is 23.0 Å². The standard InChI is InChI=1S/C21H16F2N6O4S/c1-12(30)3-5-15-10-25-21-26-11-18(27-29(15)21)13-7-17(20(33-2)24-9-13)28-34(31,32)19-6-4-14(22)8-16(19)23/h4,6-12,28,30H,1-2H3. The van der Waals surface area contributed by atoms with Gasteiger partial charge in [0.15, 0.2) is 0 Å². The number of halogens is 2. The second-order valence-corrected chi connectivity index (χ2v) is 8.56. The molecule has 10 nitrogen and oxygen atoms in total. The quantitative estimate of drug-likeness (QED) is 0.410. The van der Waals surface area contributed by atoms with Crippen LogP contribution in [0.15, 0.2) is 47.8 Å². The van der Waals surface area contributed by atoms with E-state index >= 15 is 0 Å². The van der Waals surface area contributed by atoms with E-state index in [1.807, 2.05) is 0 Å². The number of aliphatic hydroxyl groups excluding tert-OH is 1. The van der Waals surface area contributed by atoms with Crippen molar-refractivity contribution < 1.29 is 27.0 Å². The fourth-order valence-electron chi connectivity index (χ4n) is 2.89. The maximum atomic E-state index is 14.1. The number of benzene rings is 1. The first-order valence-electron chi connectivity index (χ1n) is 9.60. The van der Waals surface area contributed by atoms with Crippen LogP contribution in [-0.2, 0) is 10.0 Å². The number of anilines is 1. The van der Waals surface area contributed by atoms with Crippen LogP contribution in [0.2, 0.25) is 0 Å². The topological polar surface area (TPSA) is 132 Å². The fraction of sp³-hybridized carbons (Fsp3) is 0.143. The summed E-state index contributed by atoms with van der Waals surface area (Å²) in [5.74, 6) is 3.34. The molecule has 1 aromatic carbocycles. The summed E-state index contributed by atoms with van der Waals surface area (Å²) in [6, 6.07) is 3.48. The molecule has 174 valence electrons. The van der Waals surface area contributed by atoms with Gasteiger partial charge >= 0.3 is 0 Å². The maximum Gasteiger partial charge on any atom is 0.264 e. The molecule has 1 unspecified atom stereocenters. The number of sulfonamides is 1. The van der Waals surface area contributed by atoms with E-state index in [0.717, 1.165) is 12.1 Å². The van der Waals surface area contributed by atoms with Gasteiger partial charge in [0.1, 0.15) is 39.7 Å². The second-order valence-electron chi connectivity index (χ2n) is 6.91. The number of aromatic nitrogens is 5. The molecule has 1 atom stereocenters. The van der Waals surface area contributed by atoms with Crippen LogP contribution in [0.1, 0.15) is 12.6 Å². The van der Waals surface area contributed by atoms with Crippen molar-refractivity contribution in [3.8, 4) is 29.0 Å². The van der Waals surface area contributed by atoms with Crippen LogP contribution in [0.4, 0.5) is 14.5 Å². The number of rotatable bonds is 5. The Hall–Kier alpha value is -4.15. The minimum atomic E-state index is -4.45. The van der Waals surface area contributed by atoms with E-state index < -0.39 is 32.7 Å². The van der Waals surface area contributed by atoms with E-state index in [2.05, 4.69) is 36.6 Å². The zero-order valence-corrected chi connectivity index (χ0v) is 18.5. The van der Waals surface area contributed by atoms with Crippen molar-refractivity contribution >= 4 is 21.5 Å². The molecule has 0 spiro atoms. The molecule has 0 radical (unpaired) electrons. The van der Waals surface area contributed by atoms with Gasteiger partial charge in [-0.3, -0.25) is 4.72 Å². The monoisotopic (exact) mass is 486 g/mol. The lowest BCUT2D eigenvalue weighted by Gasteiger charge is -2.13. The third-order valence-corrected chi connectivity index (χ3v) is 5.81. The molecule has 3 heterocycles. The number of fused-ring (bicyclic) bond motifs is 1. The molecule has 4 aromatic rings. The summed E-state index contributed by atoms with van der Waals surface area (Å²) in [5.41, 5.74) is 0.898. The van der Waals surface area contributed by atoms with Crippen molar-refractivity contribution in [1.29, 1.82) is 0 Å². The molecule has 0 bridgehead atoms. The molecular formula is C21H16F2N6O4S. The van der Waals surface area contributed by atoms with Crippen LogP contribution in [0.5, 0.6) is 5.88 Å². The number of imidazole rings is 1. The molecule has 3 aromatic heterocycles. The molecule has 0 amide bonds. The Bertz CT molecular complexity index is 1560. The zero-order valence-electron chi connectivity index (χ0n) is 17.7. The Kier molecular flexibility index (Phi) is 6.10. The smallest absolute Gasteiger partial charge is 0.264 e. The molecule has 0 aliphatic carbocycles. The Morgan fingerprint density at radius 2 is 1.91 bits per heavy atom. The van der Waals surface area contributed by atoms with E-state index in [1.54, 1.807) is 0 Å². The van der Waals surface area contributed by atoms with Crippen LogP contribution in [0.3, 0.4) is 0 Å². The average molecular weight is 486 g/mol. The number of nitrogens with zero attached hydrogens (tertiary/aromatic N) is 5. The van der Waals surface area contributed by atoms with Crippen LogP contribution in [-0.4, -0.2) is 51.3 Å². The number of nitrogens with one attached hydrogen (secondary N) is 1. The van der Waals surface area contributed by atoms with Gasteiger partial charge in [0.05, 0.1) is 19.5 Å². The van der Waals surface area contributed by atoms with Gasteiger partial charge in [-0.05, 0) is 31.0 Å². The molecule has 0 aliphatic heterocycles. The highest BCUT2D eigenvalue weighted by atomic mass is 32.2. The zero-order chi connectivity index (χ0) is 24.5. The third kappa shape index (κ3) is 4.63. The minimum Gasteiger partial charge on any atom is -0.480 e. The Morgan fingerprint density at radius 3 is 2.62 bits per heavy atom. The lowest BCUT2D eigenvalue weighted by molar-refractivity contribution is 0.253. The highest BCUT2D eigenvalue weighted by molar-refractivity contribution is 7.92. The van der Waals surface area contributed by atoms with Crippen LogP contribution >= 0.6 is 0 Å². The summed E-state index contributed by atoms with van der Waals surface area (Å²) in [7, 11) is -3.16. The summed E-state index contributed by atoms with van der Waals surface area (Å²) in [6.45, 7) is 1.51. The summed E-state index contributed by atoms with van der Waals surface area (Å²) in [6.07, 6.45) is 3.37. The fourth-order valence-corrected chi connectivity index (χ4v) is 4.00. The van der Waals surface area contributed by atoms with E-state index in [0.29, 0.717) is 17.3 Å². The van der Waals surface area contributed by atoms with E-state index in [9.17, 15) is 22.3 Å². The number of hydrogen-bond donors (Lipinski definition) is 2. The molecular weight excluding hydrogens is 470 g/mol. The highest BCUT2D eigenvalue weighted by Gasteiger charge is 2.22. The summed E-state index contributed by atoms with van der Waals surface area (Å²) >= 11 is 0. The first kappa shape index (κ1) is 23.0. The normalized spacial score (nSPS) is 12.1. The molecule has 34 heavy (non-hydrogen) atoms. The first-order valence-corrected chi connectivity index (χ1v) is 11.1. The van der Waals surface area contributed by atoms with Gasteiger partial charge in [-0.1, -0.05) is 5.92 Å². The summed E-state index contributed by atoms with van der Waals surface area (Å²) < 4.78 is 61.4. The predicted molar refractivity (Wildman–Crippen MR) is 116 cm³/mol. The second kappa shape index (κ2) is 9.00. The Morgan fingerprint density at radius 1 is 1.15 bits per heavy atom. The number of methoxy groups -OCH3 is 1. The van der Waals surface area contributed by atoms with Gasteiger partial charge in [0.25, 0.3) is 15.8 Å². The first-order chi connectivity index (χ1) is 16.2. The molecule has 0 fully saturated rings. The van der Waals surface area contributed by atoms with E-state index in [1.165, 1.54) is 43.2 Å². The average Bonchev–Trinajstić information content (AvgIpc) is 3.19. The molecule has 13 heteroatoms. The molecule has 0 saturated carbocycles. The largest absolute Gasteiger partial charge is 0.480 e. The van der Waals surface area contributed by atoms with Crippen molar-refractivity contribution in [3.05, 3.63) is 60.2 Å². The molecule has 0 aliphatic rings. The Labute approximate surface area is 192 Å². The highest BCUT2D eigenvalue weighted by Crippen LogP contribution is 2.30. The third-order valence-electron chi connectivity index (χ3n) is 4.41. The van der Waals surface area contributed by atoms with E-state index in [4.69, 9.17) is 4.74 Å². The molecule has 4 rings (SSSR count). The molecule has 2 N–H and O–H groups in total. The number of pyridine rings is 1. The van der Waals surface area contributed by atoms with Gasteiger partial charge in [0, 0.05) is 17.8 Å². The number of hydrogen-bond acceptors (Lipinski definition) is 8. The lowest BCUT2D eigenvalue weighted by Crippen LogP contribution is -2.16. The SMILES string of the molecule is COc1ncc(-c2cnc3ncc(C#CC(C)O)n3n2)cc1NS(=O)(=O)c1ccc(F)cc1F. The van der Waals surface area contributed by atoms with Crippen molar-refractivity contribution in [2.45, 2.75) is 17.9 Å². The van der Waals surface area contributed by atoms with Crippen molar-refractivity contribution in [1.82, 2.24) is 24.6 Å². The van der Waals surface area contributed by atoms with Crippen molar-refractivity contribution in [2.75, 3.05) is 11.8 Å². The molecule has 0 saturated heterocycles. The van der Waals surface area contributed by atoms with Crippen molar-refractivity contribution in [3.63, 3.8) is 0 Å². The van der Waals surface area contributed by atoms with Gasteiger partial charge < -0.3 is 9.84 Å². The van der Waals surface area contributed by atoms with Crippen molar-refractivity contribution in [2.24, 2.45) is 0 Å². The maximum absolute atomic E-state index is 14.1. The number of ether oxygens (including phenoxy) is 1. The van der Waals surface area contributed by atoms with Gasteiger partial charge in [-0.2, -0.15) is 9.61 Å². The van der Waals surface area contributed by atoms with Crippen LogP contribution < -0.4 is 9.46 Å².